The molecule has 3 rings (SSSR count). The molecule has 1 aliphatic rings. The Morgan fingerprint density at radius 3 is 2.73 bits per heavy atom. The summed E-state index contributed by atoms with van der Waals surface area (Å²) in [5.41, 5.74) is 2.46. The molecule has 0 spiro atoms. The van der Waals surface area contributed by atoms with Crippen LogP contribution in [0.4, 0.5) is 0 Å². The molecule has 0 N–H and O–H groups in total. The van der Waals surface area contributed by atoms with Gasteiger partial charge < -0.3 is 14.2 Å². The van der Waals surface area contributed by atoms with Gasteiger partial charge in [-0.05, 0) is 50.1 Å². The van der Waals surface area contributed by atoms with E-state index >= 15 is 0 Å². The Morgan fingerprint density at radius 2 is 2.00 bits per heavy atom. The van der Waals surface area contributed by atoms with Crippen LogP contribution in [0.2, 0.25) is 0 Å². The molecular formula is C21H20O5. The number of rotatable bonds is 5. The molecule has 134 valence electrons. The van der Waals surface area contributed by atoms with E-state index in [0.717, 1.165) is 11.1 Å². The fourth-order valence-corrected chi connectivity index (χ4v) is 2.64. The number of aryl methyl sites for hydroxylation is 1. The maximum absolute atomic E-state index is 12.5. The monoisotopic (exact) mass is 352 g/mol. The first-order valence-corrected chi connectivity index (χ1v) is 8.46. The van der Waals surface area contributed by atoms with Gasteiger partial charge in [0.05, 0.1) is 12.2 Å². The highest BCUT2D eigenvalue weighted by molar-refractivity contribution is 6.14. The number of Topliss-reactive ketones (excluding diaryl/α,β-unsaturated/α-hetero) is 1. The Labute approximate surface area is 152 Å². The van der Waals surface area contributed by atoms with Gasteiger partial charge in [0.15, 0.2) is 11.9 Å². The maximum Gasteiger partial charge on any atom is 0.347 e. The summed E-state index contributed by atoms with van der Waals surface area (Å²) in [6.07, 6.45) is 0.992. The molecule has 0 saturated heterocycles. The first-order chi connectivity index (χ1) is 12.5. The summed E-state index contributed by atoms with van der Waals surface area (Å²) in [5.74, 6) is 0.515. The molecule has 0 aliphatic carbocycles. The minimum Gasteiger partial charge on any atom is -0.479 e. The molecular weight excluding hydrogens is 332 g/mol. The SMILES string of the molecule is CCOC(=O)C(C)Oc1ccc2c(c1)OC(=Cc1ccccc1C)C2=O. The zero-order valence-electron chi connectivity index (χ0n) is 14.9. The van der Waals surface area contributed by atoms with Crippen LogP contribution in [0, 0.1) is 6.92 Å². The van der Waals surface area contributed by atoms with Crippen molar-refractivity contribution in [1.82, 2.24) is 0 Å². The Balaban J connectivity index is 1.80. The number of allylic oxidation sites excluding steroid dienone is 1. The van der Waals surface area contributed by atoms with Gasteiger partial charge in [0, 0.05) is 6.07 Å². The highest BCUT2D eigenvalue weighted by atomic mass is 16.6. The standard InChI is InChI=1S/C21H20O5/c1-4-24-21(23)14(3)25-16-9-10-17-18(12-16)26-19(20(17)22)11-15-8-6-5-7-13(15)2/h5-12,14H,4H2,1-3H3. The average Bonchev–Trinajstić information content (AvgIpc) is 2.92. The van der Waals surface area contributed by atoms with Crippen molar-refractivity contribution in [1.29, 1.82) is 0 Å². The number of carbonyl (C=O) groups is 2. The van der Waals surface area contributed by atoms with Crippen molar-refractivity contribution >= 4 is 17.8 Å². The highest BCUT2D eigenvalue weighted by Gasteiger charge is 2.28. The molecule has 5 heteroatoms. The van der Waals surface area contributed by atoms with Crippen molar-refractivity contribution in [3.05, 3.63) is 64.9 Å². The third-order valence-corrected chi connectivity index (χ3v) is 4.05. The van der Waals surface area contributed by atoms with Crippen LogP contribution in [0.25, 0.3) is 6.08 Å². The van der Waals surface area contributed by atoms with Crippen LogP contribution >= 0.6 is 0 Å². The van der Waals surface area contributed by atoms with Crippen molar-refractivity contribution in [2.45, 2.75) is 26.9 Å². The Bertz CT molecular complexity index is 882. The largest absolute Gasteiger partial charge is 0.479 e. The molecule has 2 aromatic rings. The molecule has 2 aromatic carbocycles. The summed E-state index contributed by atoms with van der Waals surface area (Å²) < 4.78 is 16.2. The van der Waals surface area contributed by atoms with E-state index in [-0.39, 0.29) is 11.5 Å². The molecule has 26 heavy (non-hydrogen) atoms. The molecule has 1 atom stereocenters. The van der Waals surface area contributed by atoms with Crippen molar-refractivity contribution in [3.8, 4) is 11.5 Å². The summed E-state index contributed by atoms with van der Waals surface area (Å²) >= 11 is 0. The van der Waals surface area contributed by atoms with Crippen molar-refractivity contribution in [2.24, 2.45) is 0 Å². The number of benzene rings is 2. The Morgan fingerprint density at radius 1 is 1.23 bits per heavy atom. The van der Waals surface area contributed by atoms with E-state index < -0.39 is 12.1 Å². The van der Waals surface area contributed by atoms with Crippen molar-refractivity contribution < 1.29 is 23.8 Å². The molecule has 0 amide bonds. The fraction of sp³-hybridized carbons (Fsp3) is 0.238. The summed E-state index contributed by atoms with van der Waals surface area (Å²) in [4.78, 5) is 24.2. The van der Waals surface area contributed by atoms with Gasteiger partial charge in [-0.15, -0.1) is 0 Å². The van der Waals surface area contributed by atoms with E-state index in [9.17, 15) is 9.59 Å². The number of fused-ring (bicyclic) bond motifs is 1. The lowest BCUT2D eigenvalue weighted by atomic mass is 10.1. The van der Waals surface area contributed by atoms with E-state index in [2.05, 4.69) is 0 Å². The number of ether oxygens (including phenoxy) is 3. The number of ketones is 1. The maximum atomic E-state index is 12.5. The topological polar surface area (TPSA) is 61.8 Å². The molecule has 5 nitrogen and oxygen atoms in total. The van der Waals surface area contributed by atoms with Gasteiger partial charge in [-0.1, -0.05) is 24.3 Å². The Kier molecular flexibility index (Phi) is 5.07. The van der Waals surface area contributed by atoms with Crippen LogP contribution in [-0.2, 0) is 9.53 Å². The smallest absolute Gasteiger partial charge is 0.347 e. The predicted octanol–water partition coefficient (Wildman–Crippen LogP) is 3.94. The van der Waals surface area contributed by atoms with E-state index in [1.54, 1.807) is 38.1 Å². The fourth-order valence-electron chi connectivity index (χ4n) is 2.64. The van der Waals surface area contributed by atoms with E-state index in [1.807, 2.05) is 31.2 Å². The molecule has 0 saturated carbocycles. The predicted molar refractivity (Wildman–Crippen MR) is 97.3 cm³/mol. The van der Waals surface area contributed by atoms with Gasteiger partial charge in [0.25, 0.3) is 0 Å². The quantitative estimate of drug-likeness (QED) is 0.602. The number of hydrogen-bond donors (Lipinski definition) is 0. The first-order valence-electron chi connectivity index (χ1n) is 8.46. The summed E-state index contributed by atoms with van der Waals surface area (Å²) in [5, 5.41) is 0. The van der Waals surface area contributed by atoms with E-state index in [1.165, 1.54) is 0 Å². The number of hydrogen-bond acceptors (Lipinski definition) is 5. The summed E-state index contributed by atoms with van der Waals surface area (Å²) in [6, 6.07) is 12.7. The van der Waals surface area contributed by atoms with Crippen LogP contribution in [0.5, 0.6) is 11.5 Å². The Hall–Kier alpha value is -3.08. The molecule has 0 bridgehead atoms. The van der Waals surface area contributed by atoms with Gasteiger partial charge in [0.2, 0.25) is 5.78 Å². The number of carbonyl (C=O) groups excluding carboxylic acids is 2. The zero-order chi connectivity index (χ0) is 18.7. The zero-order valence-corrected chi connectivity index (χ0v) is 14.9. The second-order valence-corrected chi connectivity index (χ2v) is 5.97. The summed E-state index contributed by atoms with van der Waals surface area (Å²) in [7, 11) is 0. The normalized spacial score (nSPS) is 15.3. The number of esters is 1. The van der Waals surface area contributed by atoms with Crippen LogP contribution in [0.15, 0.2) is 48.2 Å². The van der Waals surface area contributed by atoms with Crippen LogP contribution < -0.4 is 9.47 Å². The second kappa shape index (κ2) is 7.44. The van der Waals surface area contributed by atoms with Crippen LogP contribution in [0.1, 0.15) is 35.3 Å². The van der Waals surface area contributed by atoms with Gasteiger partial charge in [-0.25, -0.2) is 4.79 Å². The highest BCUT2D eigenvalue weighted by Crippen LogP contribution is 2.35. The van der Waals surface area contributed by atoms with E-state index in [0.29, 0.717) is 23.7 Å². The lowest BCUT2D eigenvalue weighted by Gasteiger charge is -2.13. The lowest BCUT2D eigenvalue weighted by Crippen LogP contribution is -2.26. The van der Waals surface area contributed by atoms with Crippen LogP contribution in [0.3, 0.4) is 0 Å². The van der Waals surface area contributed by atoms with Crippen LogP contribution in [-0.4, -0.2) is 24.5 Å². The summed E-state index contributed by atoms with van der Waals surface area (Å²) in [6.45, 7) is 5.62. The van der Waals surface area contributed by atoms with Gasteiger partial charge in [0.1, 0.15) is 11.5 Å². The van der Waals surface area contributed by atoms with Crippen molar-refractivity contribution in [2.75, 3.05) is 6.61 Å². The third-order valence-electron chi connectivity index (χ3n) is 4.05. The molecule has 0 fully saturated rings. The van der Waals surface area contributed by atoms with Gasteiger partial charge in [-0.3, -0.25) is 4.79 Å². The molecule has 1 aliphatic heterocycles. The van der Waals surface area contributed by atoms with Crippen molar-refractivity contribution in [3.63, 3.8) is 0 Å². The average molecular weight is 352 g/mol. The third kappa shape index (κ3) is 3.61. The van der Waals surface area contributed by atoms with E-state index in [4.69, 9.17) is 14.2 Å². The molecule has 0 radical (unpaired) electrons. The first kappa shape index (κ1) is 17.7. The molecule has 1 heterocycles. The van der Waals surface area contributed by atoms with Gasteiger partial charge in [-0.2, -0.15) is 0 Å². The second-order valence-electron chi connectivity index (χ2n) is 5.97. The lowest BCUT2D eigenvalue weighted by molar-refractivity contribution is -0.150. The molecule has 0 aromatic heterocycles. The van der Waals surface area contributed by atoms with Gasteiger partial charge >= 0.3 is 5.97 Å². The molecule has 1 unspecified atom stereocenters. The minimum absolute atomic E-state index is 0.173. The minimum atomic E-state index is -0.743.